The van der Waals surface area contributed by atoms with Gasteiger partial charge in [-0.25, -0.2) is 0 Å². The highest BCUT2D eigenvalue weighted by Crippen LogP contribution is 2.11. The van der Waals surface area contributed by atoms with Gasteiger partial charge in [0.2, 0.25) is 0 Å². The van der Waals surface area contributed by atoms with Crippen LogP contribution < -0.4 is 5.32 Å². The van der Waals surface area contributed by atoms with Crippen LogP contribution in [0.2, 0.25) is 0 Å². The van der Waals surface area contributed by atoms with Crippen molar-refractivity contribution in [2.24, 2.45) is 0 Å². The first-order valence-corrected chi connectivity index (χ1v) is 7.50. The molecule has 15 heavy (non-hydrogen) atoms. The van der Waals surface area contributed by atoms with Crippen LogP contribution in [-0.2, 0) is 0 Å². The van der Waals surface area contributed by atoms with E-state index in [9.17, 15) is 0 Å². The SMILES string of the molecule is CSCCCCN1CCCNC(C)(C)C1. The lowest BCUT2D eigenvalue weighted by Gasteiger charge is -2.29. The predicted octanol–water partition coefficient (Wildman–Crippen LogP) is 2.20. The van der Waals surface area contributed by atoms with Gasteiger partial charge in [0.1, 0.15) is 0 Å². The molecule has 0 unspecified atom stereocenters. The molecular formula is C12H26N2S. The first-order valence-electron chi connectivity index (χ1n) is 6.10. The zero-order valence-electron chi connectivity index (χ0n) is 10.5. The smallest absolute Gasteiger partial charge is 0.0252 e. The summed E-state index contributed by atoms with van der Waals surface area (Å²) in [5, 5.41) is 3.61. The Hall–Kier alpha value is 0.270. The number of nitrogens with zero attached hydrogens (tertiary/aromatic N) is 1. The number of thioether (sulfide) groups is 1. The fourth-order valence-corrected chi connectivity index (χ4v) is 2.69. The van der Waals surface area contributed by atoms with Gasteiger partial charge in [0, 0.05) is 12.1 Å². The molecule has 0 spiro atoms. The summed E-state index contributed by atoms with van der Waals surface area (Å²) >= 11 is 1.96. The van der Waals surface area contributed by atoms with Gasteiger partial charge in [0.05, 0.1) is 0 Å². The lowest BCUT2D eigenvalue weighted by molar-refractivity contribution is 0.228. The molecule has 0 aromatic rings. The lowest BCUT2D eigenvalue weighted by Crippen LogP contribution is -2.46. The van der Waals surface area contributed by atoms with Gasteiger partial charge in [-0.1, -0.05) is 0 Å². The van der Waals surface area contributed by atoms with E-state index < -0.39 is 0 Å². The van der Waals surface area contributed by atoms with E-state index in [0.29, 0.717) is 5.54 Å². The number of nitrogens with one attached hydrogen (secondary N) is 1. The molecule has 0 aliphatic carbocycles. The largest absolute Gasteiger partial charge is 0.310 e. The lowest BCUT2D eigenvalue weighted by atomic mass is 10.1. The minimum Gasteiger partial charge on any atom is -0.310 e. The van der Waals surface area contributed by atoms with Crippen LogP contribution in [0.1, 0.15) is 33.1 Å². The third-order valence-electron chi connectivity index (χ3n) is 2.95. The van der Waals surface area contributed by atoms with E-state index in [4.69, 9.17) is 0 Å². The van der Waals surface area contributed by atoms with Crippen molar-refractivity contribution in [3.05, 3.63) is 0 Å². The maximum atomic E-state index is 3.61. The molecule has 0 radical (unpaired) electrons. The highest BCUT2D eigenvalue weighted by atomic mass is 32.2. The molecule has 0 amide bonds. The van der Waals surface area contributed by atoms with Crippen molar-refractivity contribution in [3.63, 3.8) is 0 Å². The molecule has 1 aliphatic rings. The predicted molar refractivity (Wildman–Crippen MR) is 70.8 cm³/mol. The van der Waals surface area contributed by atoms with E-state index in [0.717, 1.165) is 0 Å². The van der Waals surface area contributed by atoms with Crippen molar-refractivity contribution in [2.45, 2.75) is 38.6 Å². The molecule has 2 nitrogen and oxygen atoms in total. The van der Waals surface area contributed by atoms with Crippen LogP contribution in [0.4, 0.5) is 0 Å². The molecule has 90 valence electrons. The third-order valence-corrected chi connectivity index (χ3v) is 3.64. The Morgan fingerprint density at radius 2 is 2.13 bits per heavy atom. The van der Waals surface area contributed by atoms with E-state index in [1.165, 1.54) is 51.2 Å². The molecule has 0 atom stereocenters. The maximum Gasteiger partial charge on any atom is 0.0252 e. The summed E-state index contributed by atoms with van der Waals surface area (Å²) in [6.45, 7) is 9.56. The highest BCUT2D eigenvalue weighted by Gasteiger charge is 2.23. The summed E-state index contributed by atoms with van der Waals surface area (Å²) in [5.41, 5.74) is 0.302. The monoisotopic (exact) mass is 230 g/mol. The molecule has 0 aromatic heterocycles. The van der Waals surface area contributed by atoms with Crippen LogP contribution >= 0.6 is 11.8 Å². The molecule has 1 rings (SSSR count). The van der Waals surface area contributed by atoms with Crippen molar-refractivity contribution < 1.29 is 0 Å². The van der Waals surface area contributed by atoms with Gasteiger partial charge in [0.25, 0.3) is 0 Å². The van der Waals surface area contributed by atoms with Crippen LogP contribution in [-0.4, -0.2) is 48.6 Å². The average Bonchev–Trinajstić information content (AvgIpc) is 2.34. The Morgan fingerprint density at radius 3 is 2.87 bits per heavy atom. The number of hydrogen-bond acceptors (Lipinski definition) is 3. The fraction of sp³-hybridized carbons (Fsp3) is 1.00. The van der Waals surface area contributed by atoms with E-state index in [2.05, 4.69) is 30.3 Å². The Labute approximate surface area is 99.2 Å². The first kappa shape index (κ1) is 13.3. The molecule has 1 heterocycles. The van der Waals surface area contributed by atoms with Gasteiger partial charge in [0.15, 0.2) is 0 Å². The summed E-state index contributed by atoms with van der Waals surface area (Å²) in [6, 6.07) is 0. The van der Waals surface area contributed by atoms with Crippen LogP contribution in [0.5, 0.6) is 0 Å². The summed E-state index contributed by atoms with van der Waals surface area (Å²) in [6.07, 6.45) is 6.22. The second-order valence-electron chi connectivity index (χ2n) is 5.14. The molecule has 1 saturated heterocycles. The second kappa shape index (κ2) is 6.77. The van der Waals surface area contributed by atoms with Gasteiger partial charge in [-0.3, -0.25) is 0 Å². The summed E-state index contributed by atoms with van der Waals surface area (Å²) in [5.74, 6) is 1.31. The van der Waals surface area contributed by atoms with Gasteiger partial charge >= 0.3 is 0 Å². The van der Waals surface area contributed by atoms with E-state index in [-0.39, 0.29) is 0 Å². The minimum atomic E-state index is 0.302. The van der Waals surface area contributed by atoms with E-state index in [1.54, 1.807) is 0 Å². The van der Waals surface area contributed by atoms with Crippen LogP contribution in [0.15, 0.2) is 0 Å². The molecule has 0 aromatic carbocycles. The molecule has 1 fully saturated rings. The van der Waals surface area contributed by atoms with Crippen molar-refractivity contribution >= 4 is 11.8 Å². The van der Waals surface area contributed by atoms with Crippen LogP contribution in [0.3, 0.4) is 0 Å². The fourth-order valence-electron chi connectivity index (χ4n) is 2.20. The van der Waals surface area contributed by atoms with Crippen LogP contribution in [0, 0.1) is 0 Å². The Kier molecular flexibility index (Phi) is 6.02. The van der Waals surface area contributed by atoms with Gasteiger partial charge in [-0.2, -0.15) is 11.8 Å². The second-order valence-corrected chi connectivity index (χ2v) is 6.13. The zero-order valence-corrected chi connectivity index (χ0v) is 11.3. The normalized spacial score (nSPS) is 22.6. The standard InChI is InChI=1S/C12H26N2S/c1-12(2)11-14(9-6-7-13-12)8-4-5-10-15-3/h13H,4-11H2,1-3H3. The molecule has 0 saturated carbocycles. The van der Waals surface area contributed by atoms with Gasteiger partial charge < -0.3 is 10.2 Å². The summed E-state index contributed by atoms with van der Waals surface area (Å²) < 4.78 is 0. The number of hydrogen-bond donors (Lipinski definition) is 1. The van der Waals surface area contributed by atoms with Crippen molar-refractivity contribution in [1.82, 2.24) is 10.2 Å². The number of unbranched alkanes of at least 4 members (excludes halogenated alkanes) is 1. The Bertz CT molecular complexity index is 171. The highest BCUT2D eigenvalue weighted by molar-refractivity contribution is 7.98. The molecule has 1 aliphatic heterocycles. The topological polar surface area (TPSA) is 15.3 Å². The van der Waals surface area contributed by atoms with E-state index in [1.807, 2.05) is 11.8 Å². The molecule has 0 bridgehead atoms. The quantitative estimate of drug-likeness (QED) is 0.729. The molecule has 3 heteroatoms. The van der Waals surface area contributed by atoms with E-state index >= 15 is 0 Å². The van der Waals surface area contributed by atoms with Crippen molar-refractivity contribution in [3.8, 4) is 0 Å². The van der Waals surface area contributed by atoms with Crippen molar-refractivity contribution in [2.75, 3.05) is 38.2 Å². The molecular weight excluding hydrogens is 204 g/mol. The zero-order chi connectivity index (χ0) is 11.1. The summed E-state index contributed by atoms with van der Waals surface area (Å²) in [4.78, 5) is 2.63. The van der Waals surface area contributed by atoms with Crippen molar-refractivity contribution in [1.29, 1.82) is 0 Å². The maximum absolute atomic E-state index is 3.61. The van der Waals surface area contributed by atoms with Gasteiger partial charge in [-0.05, 0) is 64.8 Å². The average molecular weight is 230 g/mol. The molecule has 1 N–H and O–H groups in total. The first-order chi connectivity index (χ1) is 7.14. The van der Waals surface area contributed by atoms with Crippen LogP contribution in [0.25, 0.3) is 0 Å². The van der Waals surface area contributed by atoms with Gasteiger partial charge in [-0.15, -0.1) is 0 Å². The third kappa shape index (κ3) is 5.79. The number of rotatable bonds is 5. The minimum absolute atomic E-state index is 0.302. The Morgan fingerprint density at radius 1 is 1.33 bits per heavy atom. The summed E-state index contributed by atoms with van der Waals surface area (Å²) in [7, 11) is 0. The Balaban J connectivity index is 2.21.